The molecule has 0 saturated heterocycles. The molecule has 6 heteroatoms. The normalized spacial score (nSPS) is 12.6. The summed E-state index contributed by atoms with van der Waals surface area (Å²) in [4.78, 5) is 38.5. The molecule has 0 bridgehead atoms. The fraction of sp³-hybridized carbons (Fsp3) is 0.773. The second-order valence-corrected chi connectivity index (χ2v) is 23.4. The van der Waals surface area contributed by atoms with E-state index in [4.69, 9.17) is 14.2 Å². The summed E-state index contributed by atoms with van der Waals surface area (Å²) in [5, 5.41) is 0. The minimum Gasteiger partial charge on any atom is -0.462 e. The molecule has 0 fully saturated rings. The van der Waals surface area contributed by atoms with Crippen LogP contribution in [-0.4, -0.2) is 37.2 Å². The Bertz CT molecular complexity index is 1530. The number of allylic oxidation sites excluding steroid dienone is 14. The Morgan fingerprint density at radius 3 is 0.753 bits per heavy atom. The maximum atomic E-state index is 13.0. The van der Waals surface area contributed by atoms with Crippen LogP contribution in [0, 0.1) is 0 Å². The summed E-state index contributed by atoms with van der Waals surface area (Å²) in [5.41, 5.74) is 0. The summed E-state index contributed by atoms with van der Waals surface area (Å²) in [6.45, 7) is 6.55. The van der Waals surface area contributed by atoms with Crippen molar-refractivity contribution in [2.45, 2.75) is 361 Å². The summed E-state index contributed by atoms with van der Waals surface area (Å²) in [6, 6.07) is 0. The third-order valence-electron chi connectivity index (χ3n) is 15.4. The van der Waals surface area contributed by atoms with Crippen LogP contribution in [0.1, 0.15) is 355 Å². The second kappa shape index (κ2) is 69.1. The molecule has 0 aliphatic carbocycles. The Hall–Kier alpha value is -3.41. The SMILES string of the molecule is CC/C=C\C/C=C\C/C=C\C/C=C\C/C=C\CCCCCCCC(=O)OCC(COC(=O)CCCCCCCCCCCCCCCCCCCCCCC)OC(=O)CCCCCCCCCCC/C=C\C/C=C\CCCCCCC. The van der Waals surface area contributed by atoms with Gasteiger partial charge in [0.25, 0.3) is 0 Å². The van der Waals surface area contributed by atoms with Crippen LogP contribution in [0.2, 0.25) is 0 Å². The van der Waals surface area contributed by atoms with Gasteiger partial charge in [0, 0.05) is 19.3 Å². The van der Waals surface area contributed by atoms with Crippen molar-refractivity contribution in [2.24, 2.45) is 0 Å². The van der Waals surface area contributed by atoms with Crippen molar-refractivity contribution >= 4 is 17.9 Å². The highest BCUT2D eigenvalue weighted by atomic mass is 16.6. The van der Waals surface area contributed by atoms with Gasteiger partial charge in [-0.25, -0.2) is 0 Å². The van der Waals surface area contributed by atoms with Gasteiger partial charge in [-0.1, -0.05) is 324 Å². The number of carbonyl (C=O) groups is 3. The third-order valence-corrected chi connectivity index (χ3v) is 15.4. The van der Waals surface area contributed by atoms with Crippen LogP contribution in [0.4, 0.5) is 0 Å². The molecule has 0 rings (SSSR count). The first-order chi connectivity index (χ1) is 40.0. The maximum absolute atomic E-state index is 13.0. The smallest absolute Gasteiger partial charge is 0.306 e. The van der Waals surface area contributed by atoms with E-state index in [0.717, 1.165) is 116 Å². The number of unbranched alkanes of at least 4 members (excludes halogenated alkanes) is 39. The third kappa shape index (κ3) is 67.3. The van der Waals surface area contributed by atoms with Crippen LogP contribution in [0.5, 0.6) is 0 Å². The van der Waals surface area contributed by atoms with Gasteiger partial charge in [0.15, 0.2) is 6.10 Å². The van der Waals surface area contributed by atoms with Crippen molar-refractivity contribution in [3.63, 3.8) is 0 Å². The predicted molar refractivity (Wildman–Crippen MR) is 353 cm³/mol. The lowest BCUT2D eigenvalue weighted by Crippen LogP contribution is -2.30. The number of hydrogen-bond donors (Lipinski definition) is 0. The molecule has 0 aliphatic rings. The highest BCUT2D eigenvalue weighted by Gasteiger charge is 2.19. The van der Waals surface area contributed by atoms with E-state index < -0.39 is 6.10 Å². The summed E-state index contributed by atoms with van der Waals surface area (Å²) in [7, 11) is 0. The van der Waals surface area contributed by atoms with Gasteiger partial charge >= 0.3 is 17.9 Å². The van der Waals surface area contributed by atoms with Gasteiger partial charge in [-0.2, -0.15) is 0 Å². The zero-order valence-electron chi connectivity index (χ0n) is 53.8. The lowest BCUT2D eigenvalue weighted by molar-refractivity contribution is -0.167. The van der Waals surface area contributed by atoms with Gasteiger partial charge in [-0.15, -0.1) is 0 Å². The van der Waals surface area contributed by atoms with Gasteiger partial charge in [0.1, 0.15) is 13.2 Å². The molecule has 0 radical (unpaired) electrons. The minimum absolute atomic E-state index is 0.0814. The van der Waals surface area contributed by atoms with E-state index >= 15 is 0 Å². The first-order valence-corrected chi connectivity index (χ1v) is 35.1. The molecule has 0 aromatic carbocycles. The van der Waals surface area contributed by atoms with Gasteiger partial charge in [0.05, 0.1) is 0 Å². The molecule has 0 aliphatic heterocycles. The summed E-state index contributed by atoms with van der Waals surface area (Å²) in [5.74, 6) is -0.885. The molecule has 0 aromatic heterocycles. The van der Waals surface area contributed by atoms with Crippen molar-refractivity contribution < 1.29 is 28.6 Å². The molecule has 6 nitrogen and oxygen atoms in total. The molecular formula is C75H132O6. The van der Waals surface area contributed by atoms with Gasteiger partial charge < -0.3 is 14.2 Å². The molecule has 1 unspecified atom stereocenters. The van der Waals surface area contributed by atoms with Crippen LogP contribution < -0.4 is 0 Å². The summed E-state index contributed by atoms with van der Waals surface area (Å²) >= 11 is 0. The number of hydrogen-bond acceptors (Lipinski definition) is 6. The van der Waals surface area contributed by atoms with E-state index in [-0.39, 0.29) is 31.1 Å². The zero-order chi connectivity index (χ0) is 58.5. The van der Waals surface area contributed by atoms with Gasteiger partial charge in [0.2, 0.25) is 0 Å². The fourth-order valence-electron chi connectivity index (χ4n) is 10.2. The monoisotopic (exact) mass is 1130 g/mol. The Kier molecular flexibility index (Phi) is 66.2. The Labute approximate surface area is 503 Å². The van der Waals surface area contributed by atoms with E-state index in [1.165, 1.54) is 199 Å². The first-order valence-electron chi connectivity index (χ1n) is 35.1. The van der Waals surface area contributed by atoms with Crippen LogP contribution in [0.3, 0.4) is 0 Å². The van der Waals surface area contributed by atoms with Crippen LogP contribution in [0.15, 0.2) is 85.1 Å². The molecule has 0 amide bonds. The second-order valence-electron chi connectivity index (χ2n) is 23.4. The van der Waals surface area contributed by atoms with Gasteiger partial charge in [-0.3, -0.25) is 14.4 Å². The Balaban J connectivity index is 4.40. The van der Waals surface area contributed by atoms with Crippen molar-refractivity contribution in [2.75, 3.05) is 13.2 Å². The summed E-state index contributed by atoms with van der Waals surface area (Å²) in [6.07, 6.45) is 91.7. The standard InChI is InChI=1S/C75H132O6/c1-4-7-10-13-16-19-22-25-28-31-34-37-40-43-46-49-52-55-58-61-64-67-73(76)79-70-72(81-75(78)69-66-63-60-57-54-51-48-45-42-39-36-33-30-27-24-21-18-15-12-9-6-3)71-80-74(77)68-65-62-59-56-53-50-47-44-41-38-35-32-29-26-23-20-17-14-11-8-5-2/h7,10,16,19,24-25,27-28,33-34,36-37,43,46,72H,4-6,8-9,11-15,17-18,20-23,26,29-32,35,38-42,44-45,47-71H2,1-3H3/b10-7-,19-16-,27-24-,28-25-,36-33-,37-34-,46-43-. The molecule has 0 aromatic rings. The predicted octanol–water partition coefficient (Wildman–Crippen LogP) is 24.2. The van der Waals surface area contributed by atoms with E-state index in [1.54, 1.807) is 0 Å². The molecule has 0 N–H and O–H groups in total. The van der Waals surface area contributed by atoms with E-state index in [2.05, 4.69) is 106 Å². The zero-order valence-corrected chi connectivity index (χ0v) is 53.8. The lowest BCUT2D eigenvalue weighted by Gasteiger charge is -2.18. The number of esters is 3. The average molecular weight is 1130 g/mol. The van der Waals surface area contributed by atoms with Crippen molar-refractivity contribution in [3.8, 4) is 0 Å². The van der Waals surface area contributed by atoms with E-state index in [1.807, 2.05) is 0 Å². The van der Waals surface area contributed by atoms with Crippen LogP contribution >= 0.6 is 0 Å². The first kappa shape index (κ1) is 77.6. The lowest BCUT2D eigenvalue weighted by atomic mass is 10.0. The highest BCUT2D eigenvalue weighted by molar-refractivity contribution is 5.71. The number of carbonyl (C=O) groups excluding carboxylic acids is 3. The fourth-order valence-corrected chi connectivity index (χ4v) is 10.2. The molecule has 1 atom stereocenters. The van der Waals surface area contributed by atoms with E-state index in [0.29, 0.717) is 19.3 Å². The Morgan fingerprint density at radius 1 is 0.259 bits per heavy atom. The van der Waals surface area contributed by atoms with Gasteiger partial charge in [-0.05, 0) is 96.3 Å². The topological polar surface area (TPSA) is 78.9 Å². The largest absolute Gasteiger partial charge is 0.462 e. The van der Waals surface area contributed by atoms with Crippen molar-refractivity contribution in [1.82, 2.24) is 0 Å². The Morgan fingerprint density at radius 2 is 0.481 bits per heavy atom. The quantitative estimate of drug-likeness (QED) is 0.0261. The molecule has 81 heavy (non-hydrogen) atoms. The van der Waals surface area contributed by atoms with Crippen molar-refractivity contribution in [3.05, 3.63) is 85.1 Å². The number of rotatable bonds is 64. The molecule has 0 heterocycles. The van der Waals surface area contributed by atoms with Crippen molar-refractivity contribution in [1.29, 1.82) is 0 Å². The van der Waals surface area contributed by atoms with E-state index in [9.17, 15) is 14.4 Å². The highest BCUT2D eigenvalue weighted by Crippen LogP contribution is 2.18. The summed E-state index contributed by atoms with van der Waals surface area (Å²) < 4.78 is 17.0. The molecule has 0 saturated carbocycles. The maximum Gasteiger partial charge on any atom is 0.306 e. The molecule has 468 valence electrons. The molecular weight excluding hydrogens is 997 g/mol. The van der Waals surface area contributed by atoms with Crippen LogP contribution in [-0.2, 0) is 28.6 Å². The number of ether oxygens (including phenoxy) is 3. The van der Waals surface area contributed by atoms with Crippen LogP contribution in [0.25, 0.3) is 0 Å². The average Bonchev–Trinajstić information content (AvgIpc) is 3.47. The minimum atomic E-state index is -0.789. The molecule has 0 spiro atoms.